The first-order valence-electron chi connectivity index (χ1n) is 11.0. The van der Waals surface area contributed by atoms with Crippen molar-refractivity contribution >= 4 is 5.69 Å². The molecule has 1 unspecified atom stereocenters. The molecule has 0 saturated carbocycles. The molecule has 1 aliphatic rings. The summed E-state index contributed by atoms with van der Waals surface area (Å²) < 4.78 is 5.65. The van der Waals surface area contributed by atoms with Crippen LogP contribution in [0.5, 0.6) is 0 Å². The van der Waals surface area contributed by atoms with Crippen LogP contribution in [0.2, 0.25) is 0 Å². The molecule has 4 heteroatoms. The number of hydrogen-bond acceptors (Lipinski definition) is 4. The SMILES string of the molecule is CCCCOCCCN(C)Cc1ccc(N2CCN(C(C)CC)CC2)cc1. The van der Waals surface area contributed by atoms with Gasteiger partial charge >= 0.3 is 0 Å². The van der Waals surface area contributed by atoms with Gasteiger partial charge < -0.3 is 14.5 Å². The Morgan fingerprint density at radius 3 is 2.30 bits per heavy atom. The molecule has 2 rings (SSSR count). The van der Waals surface area contributed by atoms with Gasteiger partial charge in [-0.1, -0.05) is 32.4 Å². The molecule has 1 aromatic rings. The zero-order valence-electron chi connectivity index (χ0n) is 18.1. The molecule has 0 N–H and O–H groups in total. The lowest BCUT2D eigenvalue weighted by Gasteiger charge is -2.39. The number of anilines is 1. The van der Waals surface area contributed by atoms with Crippen LogP contribution in [0, 0.1) is 0 Å². The minimum atomic E-state index is 0.710. The van der Waals surface area contributed by atoms with Gasteiger partial charge in [0.05, 0.1) is 0 Å². The molecule has 1 aliphatic heterocycles. The minimum Gasteiger partial charge on any atom is -0.381 e. The number of nitrogens with zero attached hydrogens (tertiary/aromatic N) is 3. The van der Waals surface area contributed by atoms with Crippen molar-refractivity contribution in [3.63, 3.8) is 0 Å². The number of piperazine rings is 1. The van der Waals surface area contributed by atoms with E-state index >= 15 is 0 Å². The van der Waals surface area contributed by atoms with Gasteiger partial charge in [-0.3, -0.25) is 4.90 Å². The lowest BCUT2D eigenvalue weighted by molar-refractivity contribution is 0.120. The van der Waals surface area contributed by atoms with Crippen molar-refractivity contribution in [1.82, 2.24) is 9.80 Å². The van der Waals surface area contributed by atoms with E-state index in [0.717, 1.165) is 45.8 Å². The van der Waals surface area contributed by atoms with Crippen molar-refractivity contribution in [2.45, 2.75) is 59.0 Å². The third kappa shape index (κ3) is 7.81. The molecule has 0 spiro atoms. The van der Waals surface area contributed by atoms with Crippen molar-refractivity contribution in [2.24, 2.45) is 0 Å². The van der Waals surface area contributed by atoms with Gasteiger partial charge in [0.15, 0.2) is 0 Å². The number of ether oxygens (including phenoxy) is 1. The first-order valence-corrected chi connectivity index (χ1v) is 11.0. The highest BCUT2D eigenvalue weighted by molar-refractivity contribution is 5.48. The molecule has 1 atom stereocenters. The molecule has 0 radical (unpaired) electrons. The average molecular weight is 376 g/mol. The van der Waals surface area contributed by atoms with Crippen LogP contribution in [-0.2, 0) is 11.3 Å². The Balaban J connectivity index is 1.69. The highest BCUT2D eigenvalue weighted by Gasteiger charge is 2.20. The van der Waals surface area contributed by atoms with Gasteiger partial charge in [-0.15, -0.1) is 0 Å². The predicted molar refractivity (Wildman–Crippen MR) is 117 cm³/mol. The Kier molecular flexibility index (Phi) is 10.2. The summed E-state index contributed by atoms with van der Waals surface area (Å²) in [7, 11) is 2.20. The molecule has 4 nitrogen and oxygen atoms in total. The van der Waals surface area contributed by atoms with E-state index in [-0.39, 0.29) is 0 Å². The fourth-order valence-corrected chi connectivity index (χ4v) is 3.67. The fourth-order valence-electron chi connectivity index (χ4n) is 3.67. The predicted octanol–water partition coefficient (Wildman–Crippen LogP) is 4.25. The van der Waals surface area contributed by atoms with E-state index < -0.39 is 0 Å². The average Bonchev–Trinajstić information content (AvgIpc) is 2.70. The highest BCUT2D eigenvalue weighted by atomic mass is 16.5. The van der Waals surface area contributed by atoms with Gasteiger partial charge in [-0.05, 0) is 50.9 Å². The maximum absolute atomic E-state index is 5.65. The summed E-state index contributed by atoms with van der Waals surface area (Å²) in [4.78, 5) is 7.54. The summed E-state index contributed by atoms with van der Waals surface area (Å²) in [6.45, 7) is 15.4. The fraction of sp³-hybridized carbons (Fsp3) is 0.739. The van der Waals surface area contributed by atoms with E-state index in [9.17, 15) is 0 Å². The van der Waals surface area contributed by atoms with Gasteiger partial charge in [0.1, 0.15) is 0 Å². The Hall–Kier alpha value is -1.10. The molecule has 0 bridgehead atoms. The quantitative estimate of drug-likeness (QED) is 0.509. The Morgan fingerprint density at radius 1 is 1.00 bits per heavy atom. The van der Waals surface area contributed by atoms with Crippen LogP contribution < -0.4 is 4.90 Å². The largest absolute Gasteiger partial charge is 0.381 e. The number of benzene rings is 1. The number of rotatable bonds is 12. The van der Waals surface area contributed by atoms with E-state index in [2.05, 4.69) is 66.8 Å². The molecular weight excluding hydrogens is 334 g/mol. The van der Waals surface area contributed by atoms with E-state index in [1.807, 2.05) is 0 Å². The molecular formula is C23H41N3O. The number of unbranched alkanes of at least 4 members (excludes halogenated alkanes) is 1. The van der Waals surface area contributed by atoms with Crippen LogP contribution in [0.15, 0.2) is 24.3 Å². The molecule has 27 heavy (non-hydrogen) atoms. The third-order valence-electron chi connectivity index (χ3n) is 5.75. The van der Waals surface area contributed by atoms with Gasteiger partial charge in [-0.25, -0.2) is 0 Å². The molecule has 154 valence electrons. The van der Waals surface area contributed by atoms with Crippen molar-refractivity contribution in [3.8, 4) is 0 Å². The third-order valence-corrected chi connectivity index (χ3v) is 5.75. The summed E-state index contributed by atoms with van der Waals surface area (Å²) in [6.07, 6.45) is 4.74. The van der Waals surface area contributed by atoms with E-state index in [1.165, 1.54) is 43.6 Å². The number of hydrogen-bond donors (Lipinski definition) is 0. The van der Waals surface area contributed by atoms with Crippen molar-refractivity contribution < 1.29 is 4.74 Å². The Bertz CT molecular complexity index is 497. The monoisotopic (exact) mass is 375 g/mol. The summed E-state index contributed by atoms with van der Waals surface area (Å²) in [5.41, 5.74) is 2.76. The second kappa shape index (κ2) is 12.4. The maximum atomic E-state index is 5.65. The lowest BCUT2D eigenvalue weighted by atomic mass is 10.1. The molecule has 0 aliphatic carbocycles. The van der Waals surface area contributed by atoms with Crippen LogP contribution in [0.3, 0.4) is 0 Å². The Morgan fingerprint density at radius 2 is 1.67 bits per heavy atom. The standard InChI is InChI=1S/C23H41N3O/c1-5-7-18-27-19-8-13-24(4)20-22-9-11-23(12-10-22)26-16-14-25(15-17-26)21(3)6-2/h9-12,21H,5-8,13-20H2,1-4H3. The van der Waals surface area contributed by atoms with Gasteiger partial charge in [-0.2, -0.15) is 0 Å². The topological polar surface area (TPSA) is 19.0 Å². The lowest BCUT2D eigenvalue weighted by Crippen LogP contribution is -2.49. The van der Waals surface area contributed by atoms with Crippen molar-refractivity contribution in [1.29, 1.82) is 0 Å². The highest BCUT2D eigenvalue weighted by Crippen LogP contribution is 2.19. The Labute approximate surface area is 167 Å². The molecule has 0 amide bonds. The summed E-state index contributed by atoms with van der Waals surface area (Å²) in [6, 6.07) is 9.91. The first kappa shape index (κ1) is 22.2. The van der Waals surface area contributed by atoms with Crippen molar-refractivity contribution in [2.75, 3.05) is 57.9 Å². The summed E-state index contributed by atoms with van der Waals surface area (Å²) >= 11 is 0. The first-order chi connectivity index (χ1) is 13.1. The van der Waals surface area contributed by atoms with E-state index in [0.29, 0.717) is 6.04 Å². The zero-order valence-corrected chi connectivity index (χ0v) is 18.1. The van der Waals surface area contributed by atoms with E-state index in [4.69, 9.17) is 4.74 Å². The minimum absolute atomic E-state index is 0.710. The second-order valence-corrected chi connectivity index (χ2v) is 8.00. The summed E-state index contributed by atoms with van der Waals surface area (Å²) in [5.74, 6) is 0. The van der Waals surface area contributed by atoms with Gasteiger partial charge in [0.25, 0.3) is 0 Å². The second-order valence-electron chi connectivity index (χ2n) is 8.00. The zero-order chi connectivity index (χ0) is 19.5. The molecule has 1 heterocycles. The molecule has 1 aromatic carbocycles. The van der Waals surface area contributed by atoms with Crippen LogP contribution in [0.4, 0.5) is 5.69 Å². The van der Waals surface area contributed by atoms with E-state index in [1.54, 1.807) is 0 Å². The normalized spacial score (nSPS) is 16.9. The molecule has 1 saturated heterocycles. The van der Waals surface area contributed by atoms with Crippen LogP contribution >= 0.6 is 0 Å². The van der Waals surface area contributed by atoms with Crippen LogP contribution in [0.25, 0.3) is 0 Å². The summed E-state index contributed by atoms with van der Waals surface area (Å²) in [5, 5.41) is 0. The van der Waals surface area contributed by atoms with Crippen molar-refractivity contribution in [3.05, 3.63) is 29.8 Å². The molecule has 1 fully saturated rings. The van der Waals surface area contributed by atoms with Gasteiger partial charge in [0.2, 0.25) is 0 Å². The molecule has 0 aromatic heterocycles. The van der Waals surface area contributed by atoms with Crippen LogP contribution in [-0.4, -0.2) is 68.8 Å². The smallest absolute Gasteiger partial charge is 0.0478 e. The maximum Gasteiger partial charge on any atom is 0.0478 e. The van der Waals surface area contributed by atoms with Gasteiger partial charge in [0, 0.05) is 64.2 Å². The van der Waals surface area contributed by atoms with Crippen LogP contribution in [0.1, 0.15) is 52.0 Å².